The van der Waals surface area contributed by atoms with Crippen LogP contribution >= 0.6 is 0 Å². The molecule has 0 aliphatic carbocycles. The normalized spacial score (nSPS) is 10.5. The Morgan fingerprint density at radius 1 is 1.14 bits per heavy atom. The van der Waals surface area contributed by atoms with E-state index in [0.29, 0.717) is 23.8 Å². The van der Waals surface area contributed by atoms with E-state index in [4.69, 9.17) is 8.94 Å². The maximum absolute atomic E-state index is 11.8. The summed E-state index contributed by atoms with van der Waals surface area (Å²) in [5, 5.41) is 6.69. The highest BCUT2D eigenvalue weighted by Gasteiger charge is 2.10. The Balaban J connectivity index is 1.58. The predicted octanol–water partition coefficient (Wildman–Crippen LogP) is 2.79. The third-order valence-electron chi connectivity index (χ3n) is 3.00. The highest BCUT2D eigenvalue weighted by molar-refractivity contribution is 5.78. The lowest BCUT2D eigenvalue weighted by atomic mass is 10.1. The van der Waals surface area contributed by atoms with Crippen molar-refractivity contribution < 1.29 is 13.7 Å². The Bertz CT molecular complexity index is 702. The summed E-state index contributed by atoms with van der Waals surface area (Å²) in [6.45, 7) is 0.370. The van der Waals surface area contributed by atoms with Crippen LogP contribution in [0.15, 0.2) is 63.7 Å². The Labute approximate surface area is 121 Å². The van der Waals surface area contributed by atoms with E-state index < -0.39 is 0 Å². The van der Waals surface area contributed by atoms with Crippen molar-refractivity contribution >= 4 is 5.91 Å². The van der Waals surface area contributed by atoms with Gasteiger partial charge in [-0.25, -0.2) is 0 Å². The van der Waals surface area contributed by atoms with Gasteiger partial charge < -0.3 is 14.3 Å². The van der Waals surface area contributed by atoms with E-state index in [9.17, 15) is 4.79 Å². The molecule has 0 aliphatic heterocycles. The van der Waals surface area contributed by atoms with Crippen molar-refractivity contribution in [2.45, 2.75) is 13.0 Å². The Morgan fingerprint density at radius 2 is 2.00 bits per heavy atom. The Kier molecular flexibility index (Phi) is 3.82. The Morgan fingerprint density at radius 3 is 2.76 bits per heavy atom. The average Bonchev–Trinajstić information content (AvgIpc) is 3.17. The number of amides is 1. The molecular weight excluding hydrogens is 268 g/mol. The molecule has 0 unspecified atom stereocenters. The number of rotatable bonds is 5. The maximum Gasteiger partial charge on any atom is 0.226 e. The highest BCUT2D eigenvalue weighted by atomic mass is 16.5. The summed E-state index contributed by atoms with van der Waals surface area (Å²) in [5.41, 5.74) is 1.54. The first kappa shape index (κ1) is 13.2. The largest absolute Gasteiger partial charge is 0.467 e. The fourth-order valence-electron chi connectivity index (χ4n) is 1.96. The van der Waals surface area contributed by atoms with Crippen LogP contribution in [-0.4, -0.2) is 11.1 Å². The molecule has 106 valence electrons. The molecule has 0 bridgehead atoms. The average molecular weight is 282 g/mol. The zero-order chi connectivity index (χ0) is 14.5. The molecule has 21 heavy (non-hydrogen) atoms. The number of carbonyl (C=O) groups is 1. The van der Waals surface area contributed by atoms with Crippen LogP contribution in [0, 0.1) is 0 Å². The van der Waals surface area contributed by atoms with Crippen LogP contribution in [0.5, 0.6) is 0 Å². The molecule has 0 radical (unpaired) electrons. The lowest BCUT2D eigenvalue weighted by Gasteiger charge is -2.00. The smallest absolute Gasteiger partial charge is 0.226 e. The van der Waals surface area contributed by atoms with Crippen molar-refractivity contribution in [1.82, 2.24) is 10.5 Å². The Hall–Kier alpha value is -2.82. The summed E-state index contributed by atoms with van der Waals surface area (Å²) in [5.74, 6) is 1.25. The van der Waals surface area contributed by atoms with Gasteiger partial charge in [-0.1, -0.05) is 35.5 Å². The van der Waals surface area contributed by atoms with Crippen molar-refractivity contribution in [3.63, 3.8) is 0 Å². The van der Waals surface area contributed by atoms with Crippen LogP contribution < -0.4 is 5.32 Å². The van der Waals surface area contributed by atoms with Crippen LogP contribution in [0.3, 0.4) is 0 Å². The zero-order valence-corrected chi connectivity index (χ0v) is 11.3. The summed E-state index contributed by atoms with van der Waals surface area (Å²) in [4.78, 5) is 11.8. The van der Waals surface area contributed by atoms with Crippen molar-refractivity contribution in [3.05, 3.63) is 66.2 Å². The molecular formula is C16H14N2O3. The topological polar surface area (TPSA) is 68.3 Å². The van der Waals surface area contributed by atoms with Gasteiger partial charge in [-0.15, -0.1) is 0 Å². The van der Waals surface area contributed by atoms with Crippen LogP contribution in [0.2, 0.25) is 0 Å². The summed E-state index contributed by atoms with van der Waals surface area (Å²) >= 11 is 0. The lowest BCUT2D eigenvalue weighted by molar-refractivity contribution is -0.120. The molecule has 2 aromatic heterocycles. The summed E-state index contributed by atoms with van der Waals surface area (Å²) in [7, 11) is 0. The van der Waals surface area contributed by atoms with Gasteiger partial charge in [-0.05, 0) is 12.1 Å². The van der Waals surface area contributed by atoms with Gasteiger partial charge in [0.15, 0.2) is 5.76 Å². The first-order chi connectivity index (χ1) is 10.3. The number of furan rings is 1. The molecule has 1 amide bonds. The van der Waals surface area contributed by atoms with Gasteiger partial charge in [0.1, 0.15) is 5.76 Å². The fourth-order valence-corrected chi connectivity index (χ4v) is 1.96. The van der Waals surface area contributed by atoms with Gasteiger partial charge in [0.05, 0.1) is 24.9 Å². The zero-order valence-electron chi connectivity index (χ0n) is 11.3. The van der Waals surface area contributed by atoms with Crippen molar-refractivity contribution in [1.29, 1.82) is 0 Å². The number of nitrogens with zero attached hydrogens (tertiary/aromatic N) is 1. The SMILES string of the molecule is O=C(Cc1cc(-c2ccccc2)on1)NCc1ccco1. The molecule has 5 heteroatoms. The first-order valence-corrected chi connectivity index (χ1v) is 6.61. The quantitative estimate of drug-likeness (QED) is 0.781. The second kappa shape index (κ2) is 6.09. The maximum atomic E-state index is 11.8. The number of hydrogen-bond acceptors (Lipinski definition) is 4. The van der Waals surface area contributed by atoms with Gasteiger partial charge >= 0.3 is 0 Å². The molecule has 5 nitrogen and oxygen atoms in total. The molecule has 0 spiro atoms. The molecule has 2 heterocycles. The predicted molar refractivity (Wildman–Crippen MR) is 76.2 cm³/mol. The lowest BCUT2D eigenvalue weighted by Crippen LogP contribution is -2.24. The van der Waals surface area contributed by atoms with Crippen LogP contribution in [0.4, 0.5) is 0 Å². The number of nitrogens with one attached hydrogen (secondary N) is 1. The summed E-state index contributed by atoms with van der Waals surface area (Å²) < 4.78 is 10.4. The molecule has 1 aromatic carbocycles. The van der Waals surface area contributed by atoms with E-state index in [1.165, 1.54) is 0 Å². The van der Waals surface area contributed by atoms with E-state index in [0.717, 1.165) is 5.56 Å². The third kappa shape index (κ3) is 3.39. The van der Waals surface area contributed by atoms with Gasteiger partial charge in [0, 0.05) is 11.6 Å². The van der Waals surface area contributed by atoms with Gasteiger partial charge in [-0.2, -0.15) is 0 Å². The minimum absolute atomic E-state index is 0.126. The molecule has 0 fully saturated rings. The van der Waals surface area contributed by atoms with Gasteiger partial charge in [0.25, 0.3) is 0 Å². The summed E-state index contributed by atoms with van der Waals surface area (Å²) in [6, 6.07) is 15.0. The van der Waals surface area contributed by atoms with Crippen molar-refractivity contribution in [3.8, 4) is 11.3 Å². The first-order valence-electron chi connectivity index (χ1n) is 6.61. The number of hydrogen-bond donors (Lipinski definition) is 1. The van der Waals surface area contributed by atoms with Gasteiger partial charge in [0.2, 0.25) is 5.91 Å². The second-order valence-corrected chi connectivity index (χ2v) is 4.58. The van der Waals surface area contributed by atoms with Gasteiger partial charge in [-0.3, -0.25) is 4.79 Å². The molecule has 3 rings (SSSR count). The number of benzene rings is 1. The van der Waals surface area contributed by atoms with Crippen LogP contribution in [0.1, 0.15) is 11.5 Å². The minimum Gasteiger partial charge on any atom is -0.467 e. The van der Waals surface area contributed by atoms with E-state index in [2.05, 4.69) is 10.5 Å². The second-order valence-electron chi connectivity index (χ2n) is 4.58. The van der Waals surface area contributed by atoms with E-state index >= 15 is 0 Å². The van der Waals surface area contributed by atoms with Crippen LogP contribution in [0.25, 0.3) is 11.3 Å². The number of aromatic nitrogens is 1. The number of carbonyl (C=O) groups excluding carboxylic acids is 1. The monoisotopic (exact) mass is 282 g/mol. The summed E-state index contributed by atoms with van der Waals surface area (Å²) in [6.07, 6.45) is 1.75. The fraction of sp³-hybridized carbons (Fsp3) is 0.125. The van der Waals surface area contributed by atoms with E-state index in [1.807, 2.05) is 36.4 Å². The minimum atomic E-state index is -0.126. The molecule has 0 saturated heterocycles. The van der Waals surface area contributed by atoms with Crippen molar-refractivity contribution in [2.24, 2.45) is 0 Å². The molecule has 3 aromatic rings. The molecule has 0 aliphatic rings. The van der Waals surface area contributed by atoms with Crippen molar-refractivity contribution in [2.75, 3.05) is 0 Å². The standard InChI is InChI=1S/C16H14N2O3/c19-16(17-11-14-7-4-8-20-14)10-13-9-15(21-18-13)12-5-2-1-3-6-12/h1-9H,10-11H2,(H,17,19). The third-order valence-corrected chi connectivity index (χ3v) is 3.00. The highest BCUT2D eigenvalue weighted by Crippen LogP contribution is 2.19. The molecule has 1 N–H and O–H groups in total. The molecule has 0 saturated carbocycles. The van der Waals surface area contributed by atoms with E-state index in [-0.39, 0.29) is 12.3 Å². The van der Waals surface area contributed by atoms with Crippen LogP contribution in [-0.2, 0) is 17.8 Å². The molecule has 0 atom stereocenters. The van der Waals surface area contributed by atoms with E-state index in [1.54, 1.807) is 18.4 Å².